The average Bonchev–Trinajstić information content (AvgIpc) is 2.69. The van der Waals surface area contributed by atoms with Gasteiger partial charge in [0.25, 0.3) is 8.32 Å². The van der Waals surface area contributed by atoms with Gasteiger partial charge in [-0.1, -0.05) is 93.6 Å². The molecule has 0 saturated heterocycles. The first kappa shape index (κ1) is 21.7. The van der Waals surface area contributed by atoms with Crippen LogP contribution in [-0.2, 0) is 9.22 Å². The fourth-order valence-electron chi connectivity index (χ4n) is 4.52. The summed E-state index contributed by atoms with van der Waals surface area (Å²) < 4.78 is 6.98. The predicted molar refractivity (Wildman–Crippen MR) is 124 cm³/mol. The lowest BCUT2D eigenvalue weighted by atomic mass is 9.92. The Kier molecular flexibility index (Phi) is 7.26. The fourth-order valence-corrected chi connectivity index (χ4v) is 9.10. The Hall–Kier alpha value is -1.97. The van der Waals surface area contributed by atoms with Gasteiger partial charge in [-0.3, -0.25) is 4.79 Å². The summed E-state index contributed by atoms with van der Waals surface area (Å²) in [5, 5.41) is 2.62. The van der Waals surface area contributed by atoms with Gasteiger partial charge in [-0.15, -0.1) is 0 Å². The van der Waals surface area contributed by atoms with E-state index in [2.05, 4.69) is 93.6 Å². The standard InChI is InChI=1S/C26H34O2Si/c1-26(2,3)29(24-15-9-5-10-16-24,25-17-11-6-12-18-25)28-20-19-22-13-7-4-8-14-23(27)21-22/h4-7,9-12,15-18,22H,8,13-14,19-21H2,1-3H3/b7-4-. The Bertz CT molecular complexity index is 766. The zero-order valence-corrected chi connectivity index (χ0v) is 19.1. The third kappa shape index (κ3) is 5.15. The first-order chi connectivity index (χ1) is 13.9. The summed E-state index contributed by atoms with van der Waals surface area (Å²) in [6, 6.07) is 21.5. The lowest BCUT2D eigenvalue weighted by molar-refractivity contribution is -0.120. The van der Waals surface area contributed by atoms with Crippen molar-refractivity contribution in [1.82, 2.24) is 0 Å². The maximum absolute atomic E-state index is 12.1. The van der Waals surface area contributed by atoms with Gasteiger partial charge in [0.2, 0.25) is 0 Å². The van der Waals surface area contributed by atoms with Gasteiger partial charge in [-0.25, -0.2) is 0 Å². The van der Waals surface area contributed by atoms with E-state index >= 15 is 0 Å². The highest BCUT2D eigenvalue weighted by Gasteiger charge is 2.50. The molecule has 0 amide bonds. The average molecular weight is 407 g/mol. The molecule has 1 unspecified atom stereocenters. The molecule has 1 aliphatic carbocycles. The minimum absolute atomic E-state index is 0.00758. The van der Waals surface area contributed by atoms with Crippen LogP contribution < -0.4 is 10.4 Å². The van der Waals surface area contributed by atoms with E-state index in [0.29, 0.717) is 31.1 Å². The van der Waals surface area contributed by atoms with Gasteiger partial charge in [0.1, 0.15) is 5.78 Å². The Labute approximate surface area is 177 Å². The molecule has 2 aromatic rings. The SMILES string of the molecule is CC(C)(C)[Si](OCCC1C/C=C\CCC(=O)C1)(c1ccccc1)c1ccccc1. The maximum Gasteiger partial charge on any atom is 0.261 e. The topological polar surface area (TPSA) is 26.3 Å². The predicted octanol–water partition coefficient (Wildman–Crippen LogP) is 5.27. The van der Waals surface area contributed by atoms with Crippen LogP contribution >= 0.6 is 0 Å². The highest BCUT2D eigenvalue weighted by molar-refractivity contribution is 6.99. The number of ketones is 1. The lowest BCUT2D eigenvalue weighted by Gasteiger charge is -2.43. The van der Waals surface area contributed by atoms with Crippen molar-refractivity contribution < 1.29 is 9.22 Å². The van der Waals surface area contributed by atoms with Crippen molar-refractivity contribution in [2.24, 2.45) is 5.92 Å². The van der Waals surface area contributed by atoms with Crippen LogP contribution in [0.2, 0.25) is 5.04 Å². The van der Waals surface area contributed by atoms with E-state index in [0.717, 1.165) is 19.3 Å². The Balaban J connectivity index is 1.88. The minimum Gasteiger partial charge on any atom is -0.407 e. The van der Waals surface area contributed by atoms with Crippen LogP contribution in [0.5, 0.6) is 0 Å². The summed E-state index contributed by atoms with van der Waals surface area (Å²) >= 11 is 0. The molecule has 0 N–H and O–H groups in total. The smallest absolute Gasteiger partial charge is 0.261 e. The molecule has 0 spiro atoms. The molecule has 0 bridgehead atoms. The summed E-state index contributed by atoms with van der Waals surface area (Å²) in [5.41, 5.74) is 0. The van der Waals surface area contributed by atoms with Crippen molar-refractivity contribution in [1.29, 1.82) is 0 Å². The molecule has 0 heterocycles. The molecule has 2 nitrogen and oxygen atoms in total. The van der Waals surface area contributed by atoms with Crippen LogP contribution in [-0.4, -0.2) is 20.7 Å². The van der Waals surface area contributed by atoms with Crippen LogP contribution in [0.4, 0.5) is 0 Å². The fraction of sp³-hybridized carbons (Fsp3) is 0.423. The Morgan fingerprint density at radius 3 is 2.07 bits per heavy atom. The molecule has 0 radical (unpaired) electrons. The third-order valence-electron chi connectivity index (χ3n) is 6.00. The first-order valence-corrected chi connectivity index (χ1v) is 12.8. The normalized spacial score (nSPS) is 19.4. The number of benzene rings is 2. The molecule has 154 valence electrons. The summed E-state index contributed by atoms with van der Waals surface area (Å²) in [5.74, 6) is 0.780. The molecule has 0 aromatic heterocycles. The van der Waals surface area contributed by atoms with Crippen molar-refractivity contribution in [3.63, 3.8) is 0 Å². The minimum atomic E-state index is -2.48. The van der Waals surface area contributed by atoms with E-state index < -0.39 is 8.32 Å². The van der Waals surface area contributed by atoms with Crippen LogP contribution in [0.15, 0.2) is 72.8 Å². The van der Waals surface area contributed by atoms with Gasteiger partial charge in [-0.05, 0) is 40.6 Å². The van der Waals surface area contributed by atoms with E-state index in [4.69, 9.17) is 4.43 Å². The Morgan fingerprint density at radius 2 is 1.52 bits per heavy atom. The van der Waals surface area contributed by atoms with Crippen molar-refractivity contribution in [3.05, 3.63) is 72.8 Å². The van der Waals surface area contributed by atoms with Gasteiger partial charge < -0.3 is 4.43 Å². The first-order valence-electron chi connectivity index (χ1n) is 10.8. The molecular weight excluding hydrogens is 372 g/mol. The number of Topliss-reactive ketones (excluding diaryl/α,β-unsaturated/α-hetero) is 1. The molecule has 1 aliphatic rings. The van der Waals surface area contributed by atoms with Crippen molar-refractivity contribution in [2.75, 3.05) is 6.61 Å². The number of allylic oxidation sites excluding steroid dienone is 2. The molecule has 29 heavy (non-hydrogen) atoms. The van der Waals surface area contributed by atoms with E-state index in [-0.39, 0.29) is 5.04 Å². The van der Waals surface area contributed by atoms with Crippen LogP contribution in [0.25, 0.3) is 0 Å². The number of rotatable bonds is 6. The van der Waals surface area contributed by atoms with Crippen LogP contribution in [0.1, 0.15) is 52.9 Å². The van der Waals surface area contributed by atoms with Gasteiger partial charge in [0, 0.05) is 19.4 Å². The number of carbonyl (C=O) groups excluding carboxylic acids is 1. The van der Waals surface area contributed by atoms with Crippen molar-refractivity contribution in [3.8, 4) is 0 Å². The third-order valence-corrected chi connectivity index (χ3v) is 11.0. The van der Waals surface area contributed by atoms with E-state index in [1.807, 2.05) is 0 Å². The summed E-state index contributed by atoms with van der Waals surface area (Å²) in [4.78, 5) is 12.1. The van der Waals surface area contributed by atoms with Gasteiger partial charge in [0.05, 0.1) is 0 Å². The van der Waals surface area contributed by atoms with Gasteiger partial charge in [0.15, 0.2) is 0 Å². The Morgan fingerprint density at radius 1 is 0.931 bits per heavy atom. The van der Waals surface area contributed by atoms with E-state index in [1.54, 1.807) is 0 Å². The summed E-state index contributed by atoms with van der Waals surface area (Å²) in [6.07, 6.45) is 8.59. The highest BCUT2D eigenvalue weighted by Crippen LogP contribution is 2.37. The zero-order chi connectivity index (χ0) is 20.7. The lowest BCUT2D eigenvalue weighted by Crippen LogP contribution is -2.66. The highest BCUT2D eigenvalue weighted by atomic mass is 28.4. The second-order valence-corrected chi connectivity index (χ2v) is 13.5. The van der Waals surface area contributed by atoms with Crippen LogP contribution in [0.3, 0.4) is 0 Å². The molecule has 2 aromatic carbocycles. The molecule has 3 rings (SSSR count). The largest absolute Gasteiger partial charge is 0.407 e. The summed E-state index contributed by atoms with van der Waals surface area (Å²) in [7, 11) is -2.48. The second-order valence-electron chi connectivity index (χ2n) is 9.15. The summed E-state index contributed by atoms with van der Waals surface area (Å²) in [6.45, 7) is 7.61. The molecule has 3 heteroatoms. The zero-order valence-electron chi connectivity index (χ0n) is 18.1. The number of carbonyl (C=O) groups is 1. The molecule has 1 atom stereocenters. The molecular formula is C26H34O2Si. The number of hydrogen-bond acceptors (Lipinski definition) is 2. The van der Waals surface area contributed by atoms with E-state index in [1.165, 1.54) is 10.4 Å². The van der Waals surface area contributed by atoms with E-state index in [9.17, 15) is 4.79 Å². The van der Waals surface area contributed by atoms with Gasteiger partial charge >= 0.3 is 0 Å². The van der Waals surface area contributed by atoms with Crippen molar-refractivity contribution >= 4 is 24.5 Å². The monoisotopic (exact) mass is 406 g/mol. The molecule has 0 saturated carbocycles. The van der Waals surface area contributed by atoms with Gasteiger partial charge in [-0.2, -0.15) is 0 Å². The molecule has 0 aliphatic heterocycles. The quantitative estimate of drug-likeness (QED) is 0.483. The number of hydrogen-bond donors (Lipinski definition) is 0. The second kappa shape index (κ2) is 9.68. The maximum atomic E-state index is 12.1. The van der Waals surface area contributed by atoms with Crippen molar-refractivity contribution in [2.45, 2.75) is 57.9 Å². The molecule has 0 fully saturated rings. The van der Waals surface area contributed by atoms with Crippen LogP contribution in [0, 0.1) is 5.92 Å².